The van der Waals surface area contributed by atoms with Gasteiger partial charge in [0.25, 0.3) is 0 Å². The molecule has 1 aliphatic rings. The molecule has 0 bridgehead atoms. The van der Waals surface area contributed by atoms with Crippen molar-refractivity contribution in [2.45, 2.75) is 85.3 Å². The Morgan fingerprint density at radius 2 is 1.79 bits per heavy atom. The Hall–Kier alpha value is -2.49. The molecule has 0 saturated carbocycles. The number of Topliss-reactive ketones (excluding diaryl/α,β-unsaturated/α-hetero) is 1. The number of carbonyl (C=O) groups excluding carboxylic acids is 2. The molecule has 0 amide bonds. The van der Waals surface area contributed by atoms with Crippen LogP contribution in [-0.4, -0.2) is 52.1 Å². The van der Waals surface area contributed by atoms with Crippen molar-refractivity contribution in [1.29, 1.82) is 0 Å². The summed E-state index contributed by atoms with van der Waals surface area (Å²) < 4.78 is 25.2. The maximum Gasteiger partial charge on any atom is 0.494 e. The number of hydrogen-bond donors (Lipinski definition) is 0. The van der Waals surface area contributed by atoms with Gasteiger partial charge in [-0.2, -0.15) is 5.10 Å². The van der Waals surface area contributed by atoms with Crippen molar-refractivity contribution < 1.29 is 28.4 Å². The lowest BCUT2D eigenvalue weighted by atomic mass is 9.77. The summed E-state index contributed by atoms with van der Waals surface area (Å²) in [5.41, 5.74) is 0.744. The zero-order valence-electron chi connectivity index (χ0n) is 21.5. The molecule has 1 aromatic heterocycles. The molecule has 184 valence electrons. The summed E-state index contributed by atoms with van der Waals surface area (Å²) in [6.45, 7) is 18.9. The minimum Gasteiger partial charge on any atom is -0.459 e. The Morgan fingerprint density at radius 3 is 2.32 bits per heavy atom. The summed E-state index contributed by atoms with van der Waals surface area (Å²) in [4.78, 5) is 25.1. The van der Waals surface area contributed by atoms with Crippen LogP contribution in [0.1, 0.15) is 71.4 Å². The lowest BCUT2D eigenvalue weighted by Gasteiger charge is -2.32. The Morgan fingerprint density at radius 1 is 1.18 bits per heavy atom. The average molecular weight is 470 g/mol. The molecule has 3 rings (SSSR count). The van der Waals surface area contributed by atoms with Crippen molar-refractivity contribution in [1.82, 2.24) is 9.78 Å². The van der Waals surface area contributed by atoms with Crippen molar-refractivity contribution >= 4 is 35.2 Å². The number of ketones is 1. The molecule has 1 saturated heterocycles. The molecule has 2 heterocycles. The second-order valence-electron chi connectivity index (χ2n) is 10.6. The highest BCUT2D eigenvalue weighted by Crippen LogP contribution is 2.37. The van der Waals surface area contributed by atoms with Gasteiger partial charge in [-0.15, -0.1) is 6.58 Å². The molecule has 0 radical (unpaired) electrons. The maximum absolute atomic E-state index is 12.6. The first-order chi connectivity index (χ1) is 15.6. The molecular formula is C25H35BN2O6. The smallest absolute Gasteiger partial charge is 0.459 e. The van der Waals surface area contributed by atoms with E-state index in [1.165, 1.54) is 11.6 Å². The van der Waals surface area contributed by atoms with Gasteiger partial charge in [0, 0.05) is 17.9 Å². The predicted octanol–water partition coefficient (Wildman–Crippen LogP) is 3.58. The van der Waals surface area contributed by atoms with Crippen molar-refractivity contribution in [3.8, 4) is 0 Å². The van der Waals surface area contributed by atoms with Crippen molar-refractivity contribution in [2.75, 3.05) is 6.61 Å². The van der Waals surface area contributed by atoms with Gasteiger partial charge >= 0.3 is 13.1 Å². The van der Waals surface area contributed by atoms with E-state index >= 15 is 0 Å². The first-order valence-corrected chi connectivity index (χ1v) is 11.5. The minimum atomic E-state index is -0.636. The van der Waals surface area contributed by atoms with Crippen LogP contribution < -0.4 is 5.46 Å². The fourth-order valence-corrected chi connectivity index (χ4v) is 3.78. The minimum absolute atomic E-state index is 0.134. The van der Waals surface area contributed by atoms with Crippen LogP contribution in [0.5, 0.6) is 0 Å². The Bertz CT molecular complexity index is 1100. The maximum atomic E-state index is 12.6. The molecule has 2 aromatic rings. The van der Waals surface area contributed by atoms with Crippen LogP contribution in [0.15, 0.2) is 24.8 Å². The molecule has 9 heteroatoms. The normalized spacial score (nSPS) is 17.2. The molecule has 1 aromatic carbocycles. The topological polar surface area (TPSA) is 88.9 Å². The first-order valence-electron chi connectivity index (χ1n) is 11.5. The molecule has 8 nitrogen and oxygen atoms in total. The number of rotatable bonds is 8. The van der Waals surface area contributed by atoms with E-state index < -0.39 is 29.9 Å². The van der Waals surface area contributed by atoms with E-state index in [0.717, 1.165) is 11.0 Å². The quantitative estimate of drug-likeness (QED) is 0.192. The molecule has 0 aliphatic carbocycles. The molecule has 1 aliphatic heterocycles. The SMILES string of the molecule is C=CCOCc1cc(B2OC(C)(C)C(C)(C)O2)cc2c(C(C)=O)nn(CC(=O)OC(C)(C)C)c12. The monoisotopic (exact) mass is 470 g/mol. The Labute approximate surface area is 201 Å². The number of hydrogen-bond acceptors (Lipinski definition) is 7. The number of ether oxygens (including phenoxy) is 2. The van der Waals surface area contributed by atoms with Gasteiger partial charge in [0.05, 0.1) is 29.9 Å². The number of carbonyl (C=O) groups is 2. The molecule has 0 spiro atoms. The van der Waals surface area contributed by atoms with Gasteiger partial charge in [-0.1, -0.05) is 18.2 Å². The fourth-order valence-electron chi connectivity index (χ4n) is 3.78. The standard InChI is InChI=1S/C25H35BN2O6/c1-10-11-31-15-17-12-18(26-33-24(6,7)25(8,9)34-26)13-19-21(16(2)29)27-28(22(17)19)14-20(30)32-23(3,4)5/h10,12-13H,1,11,14-15H2,2-9H3. The molecule has 0 atom stereocenters. The Balaban J connectivity index is 2.13. The Kier molecular flexibility index (Phi) is 7.13. The molecular weight excluding hydrogens is 435 g/mol. The zero-order chi connectivity index (χ0) is 25.5. The number of aromatic nitrogens is 2. The van der Waals surface area contributed by atoms with E-state index in [4.69, 9.17) is 18.8 Å². The number of fused-ring (bicyclic) bond motifs is 1. The highest BCUT2D eigenvalue weighted by molar-refractivity contribution is 6.62. The van der Waals surface area contributed by atoms with Gasteiger partial charge < -0.3 is 18.8 Å². The lowest BCUT2D eigenvalue weighted by Crippen LogP contribution is -2.41. The van der Waals surface area contributed by atoms with Crippen LogP contribution >= 0.6 is 0 Å². The third-order valence-electron chi connectivity index (χ3n) is 6.00. The largest absolute Gasteiger partial charge is 0.494 e. The summed E-state index contributed by atoms with van der Waals surface area (Å²) >= 11 is 0. The summed E-state index contributed by atoms with van der Waals surface area (Å²) in [5, 5.41) is 5.09. The van der Waals surface area contributed by atoms with E-state index in [1.807, 2.05) is 39.8 Å². The predicted molar refractivity (Wildman–Crippen MR) is 131 cm³/mol. The molecule has 1 fully saturated rings. The van der Waals surface area contributed by atoms with Crippen molar-refractivity contribution in [3.05, 3.63) is 36.0 Å². The van der Waals surface area contributed by atoms with Crippen LogP contribution in [-0.2, 0) is 36.7 Å². The number of benzene rings is 1. The van der Waals surface area contributed by atoms with Gasteiger partial charge in [-0.05, 0) is 53.9 Å². The van der Waals surface area contributed by atoms with Gasteiger partial charge in [-0.25, -0.2) is 0 Å². The zero-order valence-corrected chi connectivity index (χ0v) is 21.5. The third-order valence-corrected chi connectivity index (χ3v) is 6.00. The van der Waals surface area contributed by atoms with Crippen LogP contribution in [0.25, 0.3) is 10.9 Å². The summed E-state index contributed by atoms with van der Waals surface area (Å²) in [6, 6.07) is 3.77. The molecule has 0 unspecified atom stereocenters. The van der Waals surface area contributed by atoms with Crippen molar-refractivity contribution in [3.63, 3.8) is 0 Å². The number of nitrogens with zero attached hydrogens (tertiary/aromatic N) is 2. The highest BCUT2D eigenvalue weighted by atomic mass is 16.7. The highest BCUT2D eigenvalue weighted by Gasteiger charge is 2.52. The van der Waals surface area contributed by atoms with Crippen molar-refractivity contribution in [2.24, 2.45) is 0 Å². The number of esters is 1. The summed E-state index contributed by atoms with van der Waals surface area (Å²) in [6.07, 6.45) is 1.66. The van der Waals surface area contributed by atoms with Gasteiger partial charge in [-0.3, -0.25) is 14.3 Å². The van der Waals surface area contributed by atoms with Crippen LogP contribution in [0.2, 0.25) is 0 Å². The average Bonchev–Trinajstić information content (AvgIpc) is 3.14. The summed E-state index contributed by atoms with van der Waals surface area (Å²) in [7, 11) is -0.624. The van der Waals surface area contributed by atoms with E-state index in [1.54, 1.807) is 26.8 Å². The van der Waals surface area contributed by atoms with Crippen LogP contribution in [0, 0.1) is 0 Å². The molecule has 34 heavy (non-hydrogen) atoms. The molecule has 0 N–H and O–H groups in total. The van der Waals surface area contributed by atoms with E-state index in [-0.39, 0.29) is 24.6 Å². The second-order valence-corrected chi connectivity index (χ2v) is 10.6. The van der Waals surface area contributed by atoms with E-state index in [0.29, 0.717) is 17.5 Å². The van der Waals surface area contributed by atoms with E-state index in [9.17, 15) is 9.59 Å². The summed E-state index contributed by atoms with van der Waals surface area (Å²) in [5.74, 6) is -0.656. The van der Waals surface area contributed by atoms with Gasteiger partial charge in [0.15, 0.2) is 5.78 Å². The van der Waals surface area contributed by atoms with Gasteiger partial charge in [0.2, 0.25) is 0 Å². The van der Waals surface area contributed by atoms with Crippen LogP contribution in [0.4, 0.5) is 0 Å². The van der Waals surface area contributed by atoms with E-state index in [2.05, 4.69) is 11.7 Å². The van der Waals surface area contributed by atoms with Gasteiger partial charge in [0.1, 0.15) is 17.8 Å². The first kappa shape index (κ1) is 26.1. The fraction of sp³-hybridized carbons (Fsp3) is 0.560. The lowest BCUT2D eigenvalue weighted by molar-refractivity contribution is -0.155. The van der Waals surface area contributed by atoms with Crippen LogP contribution in [0.3, 0.4) is 0 Å². The second kappa shape index (κ2) is 9.28. The third kappa shape index (κ3) is 5.42.